The normalized spacial score (nSPS) is 11.3. The molecule has 166 valence electrons. The fraction of sp³-hybridized carbons (Fsp3) is 0.160. The summed E-state index contributed by atoms with van der Waals surface area (Å²) in [4.78, 5) is 20.8. The number of carbonyl (C=O) groups excluding carboxylic acids is 1. The summed E-state index contributed by atoms with van der Waals surface area (Å²) in [5, 5.41) is 14.2. The number of ether oxygens (including phenoxy) is 1. The second-order valence-corrected chi connectivity index (χ2v) is 8.13. The zero-order chi connectivity index (χ0) is 22.9. The van der Waals surface area contributed by atoms with E-state index in [0.717, 1.165) is 27.6 Å². The molecular weight excluding hydrogens is 416 g/mol. The summed E-state index contributed by atoms with van der Waals surface area (Å²) in [7, 11) is 1.57. The van der Waals surface area contributed by atoms with E-state index in [1.165, 1.54) is 5.56 Å². The number of para-hydroxylation sites is 1. The van der Waals surface area contributed by atoms with Crippen LogP contribution in [0.25, 0.3) is 21.9 Å². The molecule has 5 rings (SSSR count). The van der Waals surface area contributed by atoms with Gasteiger partial charge < -0.3 is 20.4 Å². The van der Waals surface area contributed by atoms with E-state index < -0.39 is 0 Å². The van der Waals surface area contributed by atoms with Gasteiger partial charge in [0, 0.05) is 16.9 Å². The molecule has 3 aromatic carbocycles. The summed E-state index contributed by atoms with van der Waals surface area (Å²) in [6.07, 6.45) is 0. The first kappa shape index (κ1) is 20.6. The largest absolute Gasteiger partial charge is 0.480 e. The number of aromatic amines is 2. The molecule has 33 heavy (non-hydrogen) atoms. The highest BCUT2D eigenvalue weighted by Crippen LogP contribution is 2.28. The maximum Gasteiger partial charge on any atom is 0.255 e. The number of amides is 1. The average Bonchev–Trinajstić information content (AvgIpc) is 3.41. The van der Waals surface area contributed by atoms with Crippen molar-refractivity contribution in [3.8, 4) is 5.88 Å². The molecule has 0 bridgehead atoms. The first-order chi connectivity index (χ1) is 16.0. The topological polar surface area (TPSA) is 108 Å². The van der Waals surface area contributed by atoms with E-state index in [1.54, 1.807) is 19.2 Å². The minimum Gasteiger partial charge on any atom is -0.480 e. The van der Waals surface area contributed by atoms with Crippen LogP contribution in [0.15, 0.2) is 60.7 Å². The van der Waals surface area contributed by atoms with Gasteiger partial charge in [-0.25, -0.2) is 4.98 Å². The molecule has 0 aliphatic carbocycles. The highest BCUT2D eigenvalue weighted by Gasteiger charge is 2.13. The lowest BCUT2D eigenvalue weighted by molar-refractivity contribution is 0.102. The van der Waals surface area contributed by atoms with E-state index >= 15 is 0 Å². The van der Waals surface area contributed by atoms with Crippen LogP contribution >= 0.6 is 0 Å². The SMILES string of the molecule is COc1n[nH]c2cc(NC(=O)c3ccc4nc(Nc5ccccc5C(C)C)[nH]c4c3)ccc12. The molecule has 2 aromatic heterocycles. The van der Waals surface area contributed by atoms with Gasteiger partial charge in [-0.2, -0.15) is 0 Å². The van der Waals surface area contributed by atoms with Crippen molar-refractivity contribution in [2.45, 2.75) is 19.8 Å². The predicted molar refractivity (Wildman–Crippen MR) is 131 cm³/mol. The number of imidazole rings is 1. The fourth-order valence-corrected chi connectivity index (χ4v) is 3.88. The molecule has 0 atom stereocenters. The Labute approximate surface area is 190 Å². The molecule has 5 aromatic rings. The number of rotatable bonds is 6. The Balaban J connectivity index is 1.37. The summed E-state index contributed by atoms with van der Waals surface area (Å²) in [5.74, 6) is 1.33. The smallest absolute Gasteiger partial charge is 0.255 e. The molecule has 0 radical (unpaired) electrons. The van der Waals surface area contributed by atoms with Crippen LogP contribution in [0.3, 0.4) is 0 Å². The third kappa shape index (κ3) is 3.98. The summed E-state index contributed by atoms with van der Waals surface area (Å²) in [6.45, 7) is 4.31. The molecule has 4 N–H and O–H groups in total. The second kappa shape index (κ2) is 8.31. The van der Waals surface area contributed by atoms with Gasteiger partial charge in [0.1, 0.15) is 0 Å². The Morgan fingerprint density at radius 3 is 2.70 bits per heavy atom. The molecule has 0 fully saturated rings. The Hall–Kier alpha value is -4.33. The fourth-order valence-electron chi connectivity index (χ4n) is 3.88. The number of aromatic nitrogens is 4. The zero-order valence-electron chi connectivity index (χ0n) is 18.6. The van der Waals surface area contributed by atoms with Crippen molar-refractivity contribution in [2.75, 3.05) is 17.7 Å². The van der Waals surface area contributed by atoms with Crippen LogP contribution < -0.4 is 15.4 Å². The van der Waals surface area contributed by atoms with Gasteiger partial charge in [-0.05, 0) is 53.9 Å². The van der Waals surface area contributed by atoms with Crippen LogP contribution in [0.1, 0.15) is 35.7 Å². The van der Waals surface area contributed by atoms with Gasteiger partial charge in [0.25, 0.3) is 5.91 Å². The number of benzene rings is 3. The predicted octanol–water partition coefficient (Wildman–Crippen LogP) is 5.57. The standard InChI is InChI=1S/C25H24N6O2/c1-14(2)17-6-4-5-7-19(17)27-25-28-20-11-8-15(12-22(20)29-25)23(32)26-16-9-10-18-21(13-16)30-31-24(18)33-3/h4-14H,1-3H3,(H,26,32)(H,30,31)(H2,27,28,29). The van der Waals surface area contributed by atoms with E-state index in [4.69, 9.17) is 4.74 Å². The minimum absolute atomic E-state index is 0.211. The monoisotopic (exact) mass is 440 g/mol. The number of nitrogens with one attached hydrogen (secondary N) is 4. The van der Waals surface area contributed by atoms with E-state index in [1.807, 2.05) is 42.5 Å². The number of anilines is 3. The van der Waals surface area contributed by atoms with Crippen LogP contribution in [0.5, 0.6) is 5.88 Å². The van der Waals surface area contributed by atoms with Crippen LogP contribution in [-0.4, -0.2) is 33.2 Å². The van der Waals surface area contributed by atoms with E-state index in [-0.39, 0.29) is 5.91 Å². The maximum absolute atomic E-state index is 12.9. The molecule has 0 saturated carbocycles. The average molecular weight is 441 g/mol. The van der Waals surface area contributed by atoms with E-state index in [0.29, 0.717) is 29.0 Å². The molecule has 2 heterocycles. The van der Waals surface area contributed by atoms with E-state index in [9.17, 15) is 4.79 Å². The number of hydrogen-bond donors (Lipinski definition) is 4. The molecule has 0 spiro atoms. The van der Waals surface area contributed by atoms with Crippen molar-refractivity contribution < 1.29 is 9.53 Å². The van der Waals surface area contributed by atoms with Gasteiger partial charge in [0.15, 0.2) is 0 Å². The lowest BCUT2D eigenvalue weighted by Gasteiger charge is -2.12. The third-order valence-electron chi connectivity index (χ3n) is 5.56. The van der Waals surface area contributed by atoms with Crippen molar-refractivity contribution >= 4 is 45.2 Å². The third-order valence-corrected chi connectivity index (χ3v) is 5.56. The summed E-state index contributed by atoms with van der Waals surface area (Å²) in [6, 6.07) is 19.1. The lowest BCUT2D eigenvalue weighted by atomic mass is 10.0. The number of hydrogen-bond acceptors (Lipinski definition) is 5. The molecule has 0 saturated heterocycles. The van der Waals surface area contributed by atoms with E-state index in [2.05, 4.69) is 50.7 Å². The van der Waals surface area contributed by atoms with Crippen molar-refractivity contribution in [2.24, 2.45) is 0 Å². The lowest BCUT2D eigenvalue weighted by Crippen LogP contribution is -2.11. The van der Waals surface area contributed by atoms with Crippen LogP contribution in [0.2, 0.25) is 0 Å². The number of nitrogens with zero attached hydrogens (tertiary/aromatic N) is 2. The van der Waals surface area contributed by atoms with Crippen molar-refractivity contribution in [3.05, 3.63) is 71.8 Å². The molecule has 0 aliphatic heterocycles. The van der Waals surface area contributed by atoms with Gasteiger partial charge in [-0.3, -0.25) is 9.89 Å². The molecule has 0 aliphatic rings. The summed E-state index contributed by atoms with van der Waals surface area (Å²) < 4.78 is 5.21. The molecule has 8 heteroatoms. The number of fused-ring (bicyclic) bond motifs is 2. The van der Waals surface area contributed by atoms with Crippen molar-refractivity contribution in [1.82, 2.24) is 20.2 Å². The van der Waals surface area contributed by atoms with Crippen LogP contribution in [-0.2, 0) is 0 Å². The Morgan fingerprint density at radius 1 is 1.03 bits per heavy atom. The minimum atomic E-state index is -0.211. The second-order valence-electron chi connectivity index (χ2n) is 8.13. The Morgan fingerprint density at radius 2 is 1.88 bits per heavy atom. The van der Waals surface area contributed by atoms with Crippen LogP contribution in [0, 0.1) is 0 Å². The summed E-state index contributed by atoms with van der Waals surface area (Å²) in [5.41, 5.74) is 5.76. The van der Waals surface area contributed by atoms with Crippen LogP contribution in [0.4, 0.5) is 17.3 Å². The van der Waals surface area contributed by atoms with Gasteiger partial charge >= 0.3 is 0 Å². The quantitative estimate of drug-likeness (QED) is 0.276. The van der Waals surface area contributed by atoms with Gasteiger partial charge in [-0.15, -0.1) is 5.10 Å². The molecule has 0 unspecified atom stereocenters. The first-order valence-corrected chi connectivity index (χ1v) is 10.7. The van der Waals surface area contributed by atoms with Crippen molar-refractivity contribution in [3.63, 3.8) is 0 Å². The maximum atomic E-state index is 12.9. The Bertz CT molecular complexity index is 1470. The van der Waals surface area contributed by atoms with Gasteiger partial charge in [0.2, 0.25) is 11.8 Å². The van der Waals surface area contributed by atoms with Gasteiger partial charge in [0.05, 0.1) is 29.0 Å². The van der Waals surface area contributed by atoms with Gasteiger partial charge in [-0.1, -0.05) is 32.0 Å². The Kier molecular flexibility index (Phi) is 5.18. The number of methoxy groups -OCH3 is 1. The molecule has 8 nitrogen and oxygen atoms in total. The highest BCUT2D eigenvalue weighted by atomic mass is 16.5. The number of carbonyl (C=O) groups is 1. The van der Waals surface area contributed by atoms with Crippen molar-refractivity contribution in [1.29, 1.82) is 0 Å². The first-order valence-electron chi connectivity index (χ1n) is 10.7. The highest BCUT2D eigenvalue weighted by molar-refractivity contribution is 6.06. The summed E-state index contributed by atoms with van der Waals surface area (Å²) >= 11 is 0. The zero-order valence-corrected chi connectivity index (χ0v) is 18.6. The molecule has 1 amide bonds. The number of H-pyrrole nitrogens is 2. The molecular formula is C25H24N6O2.